The van der Waals surface area contributed by atoms with Gasteiger partial charge in [-0.25, -0.2) is 9.97 Å². The summed E-state index contributed by atoms with van der Waals surface area (Å²) in [6, 6.07) is 1.70. The minimum Gasteiger partial charge on any atom is -0.361 e. The second-order valence-electron chi connectivity index (χ2n) is 4.31. The van der Waals surface area contributed by atoms with Gasteiger partial charge in [0.25, 0.3) is 5.69 Å². The zero-order valence-electron chi connectivity index (χ0n) is 10.9. The Bertz CT molecular complexity index is 612. The molecule has 0 radical (unpaired) electrons. The van der Waals surface area contributed by atoms with Crippen LogP contribution in [0.25, 0.3) is 0 Å². The summed E-state index contributed by atoms with van der Waals surface area (Å²) >= 11 is 1.58. The molecule has 6 nitrogen and oxygen atoms in total. The van der Waals surface area contributed by atoms with Crippen molar-refractivity contribution < 1.29 is 4.92 Å². The molecule has 0 fully saturated rings. The lowest BCUT2D eigenvalue weighted by Gasteiger charge is -2.12. The number of rotatable bonds is 4. The van der Waals surface area contributed by atoms with Gasteiger partial charge < -0.3 is 5.32 Å². The van der Waals surface area contributed by atoms with E-state index in [1.165, 1.54) is 6.20 Å². The predicted octanol–water partition coefficient (Wildman–Crippen LogP) is 3.24. The summed E-state index contributed by atoms with van der Waals surface area (Å²) in [5.41, 5.74) is 1.61. The number of aryl methyl sites for hydroxylation is 2. The Morgan fingerprint density at radius 1 is 1.47 bits per heavy atom. The summed E-state index contributed by atoms with van der Waals surface area (Å²) in [6.45, 7) is 5.63. The zero-order chi connectivity index (χ0) is 14.0. The van der Waals surface area contributed by atoms with Gasteiger partial charge >= 0.3 is 0 Å². The Morgan fingerprint density at radius 3 is 2.74 bits per heavy atom. The standard InChI is InChI=1S/C12H14N4O2S/c1-7-4-11(13-5-10(7)16(17)18)15-9(3)12-14-8(2)6-19-12/h4-6,9H,1-3H3,(H,13,15). The Hall–Kier alpha value is -2.02. The van der Waals surface area contributed by atoms with Crippen LogP contribution < -0.4 is 5.32 Å². The Morgan fingerprint density at radius 2 is 2.21 bits per heavy atom. The first-order valence-corrected chi connectivity index (χ1v) is 6.65. The molecule has 0 saturated carbocycles. The van der Waals surface area contributed by atoms with Gasteiger partial charge in [0.15, 0.2) is 0 Å². The molecule has 100 valence electrons. The van der Waals surface area contributed by atoms with E-state index in [1.54, 1.807) is 24.3 Å². The van der Waals surface area contributed by atoms with Crippen LogP contribution in [0.1, 0.15) is 29.2 Å². The number of nitrogens with zero attached hydrogens (tertiary/aromatic N) is 3. The predicted molar refractivity (Wildman–Crippen MR) is 74.5 cm³/mol. The molecule has 0 aliphatic rings. The van der Waals surface area contributed by atoms with E-state index in [2.05, 4.69) is 15.3 Å². The minimum atomic E-state index is -0.431. The smallest absolute Gasteiger partial charge is 0.290 e. The molecule has 2 rings (SSSR count). The van der Waals surface area contributed by atoms with E-state index in [0.29, 0.717) is 11.4 Å². The third kappa shape index (κ3) is 3.05. The first-order chi connectivity index (χ1) is 8.97. The van der Waals surface area contributed by atoms with Crippen LogP contribution in [0.5, 0.6) is 0 Å². The molecule has 0 aliphatic heterocycles. The van der Waals surface area contributed by atoms with Crippen molar-refractivity contribution in [2.45, 2.75) is 26.8 Å². The van der Waals surface area contributed by atoms with Gasteiger partial charge in [0.2, 0.25) is 0 Å². The normalized spacial score (nSPS) is 12.2. The first-order valence-electron chi connectivity index (χ1n) is 5.77. The fourth-order valence-corrected chi connectivity index (χ4v) is 2.48. The van der Waals surface area contributed by atoms with Gasteiger partial charge in [0.05, 0.1) is 11.0 Å². The molecule has 2 aromatic heterocycles. The van der Waals surface area contributed by atoms with Crippen LogP contribution >= 0.6 is 11.3 Å². The van der Waals surface area contributed by atoms with Gasteiger partial charge in [-0.3, -0.25) is 10.1 Å². The molecule has 0 saturated heterocycles. The zero-order valence-corrected chi connectivity index (χ0v) is 11.7. The largest absolute Gasteiger partial charge is 0.361 e. The fraction of sp³-hybridized carbons (Fsp3) is 0.333. The molecule has 0 aromatic carbocycles. The Kier molecular flexibility index (Phi) is 3.75. The first kappa shape index (κ1) is 13.4. The van der Waals surface area contributed by atoms with Crippen molar-refractivity contribution in [1.82, 2.24) is 9.97 Å². The van der Waals surface area contributed by atoms with Crippen LogP contribution in [0.15, 0.2) is 17.6 Å². The highest BCUT2D eigenvalue weighted by Gasteiger charge is 2.14. The van der Waals surface area contributed by atoms with Crippen molar-refractivity contribution in [3.05, 3.63) is 44.0 Å². The van der Waals surface area contributed by atoms with Crippen LogP contribution in [0.3, 0.4) is 0 Å². The van der Waals surface area contributed by atoms with Gasteiger partial charge in [0.1, 0.15) is 17.0 Å². The van der Waals surface area contributed by atoms with Crippen molar-refractivity contribution in [3.63, 3.8) is 0 Å². The van der Waals surface area contributed by atoms with Crippen LogP contribution in [-0.4, -0.2) is 14.9 Å². The molecule has 19 heavy (non-hydrogen) atoms. The molecule has 0 aliphatic carbocycles. The van der Waals surface area contributed by atoms with Gasteiger partial charge in [-0.2, -0.15) is 0 Å². The van der Waals surface area contributed by atoms with E-state index in [-0.39, 0.29) is 11.7 Å². The maximum Gasteiger partial charge on any atom is 0.290 e. The fourth-order valence-electron chi connectivity index (χ4n) is 1.67. The summed E-state index contributed by atoms with van der Waals surface area (Å²) in [5.74, 6) is 0.614. The van der Waals surface area contributed by atoms with E-state index in [4.69, 9.17) is 0 Å². The van der Waals surface area contributed by atoms with Crippen LogP contribution in [-0.2, 0) is 0 Å². The second kappa shape index (κ2) is 5.31. The van der Waals surface area contributed by atoms with E-state index < -0.39 is 4.92 Å². The van der Waals surface area contributed by atoms with Gasteiger partial charge in [-0.15, -0.1) is 11.3 Å². The molecule has 1 atom stereocenters. The molecule has 2 aromatic rings. The van der Waals surface area contributed by atoms with Gasteiger partial charge in [0, 0.05) is 16.6 Å². The van der Waals surface area contributed by atoms with Crippen LogP contribution in [0, 0.1) is 24.0 Å². The second-order valence-corrected chi connectivity index (χ2v) is 5.20. The van der Waals surface area contributed by atoms with Crippen molar-refractivity contribution in [1.29, 1.82) is 0 Å². The van der Waals surface area contributed by atoms with Crippen molar-refractivity contribution in [2.24, 2.45) is 0 Å². The number of hydrogen-bond donors (Lipinski definition) is 1. The van der Waals surface area contributed by atoms with E-state index in [1.807, 2.05) is 19.2 Å². The van der Waals surface area contributed by atoms with Gasteiger partial charge in [-0.1, -0.05) is 0 Å². The van der Waals surface area contributed by atoms with Crippen LogP contribution in [0.4, 0.5) is 11.5 Å². The summed E-state index contributed by atoms with van der Waals surface area (Å²) in [4.78, 5) is 18.7. The molecule has 1 N–H and O–H groups in total. The molecule has 1 unspecified atom stereocenters. The van der Waals surface area contributed by atoms with Crippen molar-refractivity contribution in [2.75, 3.05) is 5.32 Å². The van der Waals surface area contributed by atoms with Crippen molar-refractivity contribution in [3.8, 4) is 0 Å². The number of anilines is 1. The molecule has 0 bridgehead atoms. The summed E-state index contributed by atoms with van der Waals surface area (Å²) in [6.07, 6.45) is 1.28. The maximum atomic E-state index is 10.7. The van der Waals surface area contributed by atoms with Gasteiger partial charge in [-0.05, 0) is 26.8 Å². The lowest BCUT2D eigenvalue weighted by molar-refractivity contribution is -0.385. The molecule has 2 heterocycles. The lowest BCUT2D eigenvalue weighted by atomic mass is 10.2. The van der Waals surface area contributed by atoms with E-state index in [9.17, 15) is 10.1 Å². The molecule has 7 heteroatoms. The monoisotopic (exact) mass is 278 g/mol. The Balaban J connectivity index is 2.15. The number of hydrogen-bond acceptors (Lipinski definition) is 6. The average molecular weight is 278 g/mol. The minimum absolute atomic E-state index is 0.0204. The van der Waals surface area contributed by atoms with E-state index in [0.717, 1.165) is 10.7 Å². The average Bonchev–Trinajstić information content (AvgIpc) is 2.75. The topological polar surface area (TPSA) is 81.0 Å². The summed E-state index contributed by atoms with van der Waals surface area (Å²) < 4.78 is 0. The highest BCUT2D eigenvalue weighted by molar-refractivity contribution is 7.09. The summed E-state index contributed by atoms with van der Waals surface area (Å²) in [7, 11) is 0. The SMILES string of the molecule is Cc1csc(C(C)Nc2cc(C)c([N+](=O)[O-])cn2)n1. The number of nitrogens with one attached hydrogen (secondary N) is 1. The lowest BCUT2D eigenvalue weighted by Crippen LogP contribution is -2.08. The molecule has 0 spiro atoms. The third-order valence-corrected chi connectivity index (χ3v) is 3.80. The molecular weight excluding hydrogens is 264 g/mol. The number of pyridine rings is 1. The Labute approximate surface area is 114 Å². The summed E-state index contributed by atoms with van der Waals surface area (Å²) in [5, 5.41) is 16.9. The highest BCUT2D eigenvalue weighted by Crippen LogP contribution is 2.24. The quantitative estimate of drug-likeness (QED) is 0.686. The number of thiazole rings is 1. The van der Waals surface area contributed by atoms with Crippen molar-refractivity contribution >= 4 is 22.8 Å². The highest BCUT2D eigenvalue weighted by atomic mass is 32.1. The van der Waals surface area contributed by atoms with E-state index >= 15 is 0 Å². The molecule has 0 amide bonds. The van der Waals surface area contributed by atoms with Crippen LogP contribution in [0.2, 0.25) is 0 Å². The maximum absolute atomic E-state index is 10.7. The molecular formula is C12H14N4O2S. The third-order valence-electron chi connectivity index (χ3n) is 2.65. The number of aromatic nitrogens is 2. The number of nitro groups is 1.